The summed E-state index contributed by atoms with van der Waals surface area (Å²) < 4.78 is 33.8. The molecule has 0 spiro atoms. The fourth-order valence-electron chi connectivity index (χ4n) is 1.75. The topological polar surface area (TPSA) is 47.6 Å². The van der Waals surface area contributed by atoms with Crippen LogP contribution in [-0.2, 0) is 4.79 Å². The first-order valence-electron chi connectivity index (χ1n) is 6.68. The van der Waals surface area contributed by atoms with Crippen LogP contribution in [0.1, 0.15) is 5.56 Å². The summed E-state index contributed by atoms with van der Waals surface area (Å²) in [5.74, 6) is 0.0178. The Bertz CT molecular complexity index is 678. The molecule has 0 aliphatic heterocycles. The smallest absolute Gasteiger partial charge is 0.387 e. The van der Waals surface area contributed by atoms with E-state index < -0.39 is 12.5 Å². The second-order valence-electron chi connectivity index (χ2n) is 4.67. The van der Waals surface area contributed by atoms with Crippen LogP contribution in [0.15, 0.2) is 42.5 Å². The molecule has 0 aliphatic carbocycles. The van der Waals surface area contributed by atoms with Gasteiger partial charge < -0.3 is 14.8 Å². The van der Waals surface area contributed by atoms with E-state index in [-0.39, 0.29) is 17.4 Å². The number of nitrogens with one attached hydrogen (secondary N) is 1. The molecule has 0 heterocycles. The van der Waals surface area contributed by atoms with E-state index in [9.17, 15) is 13.6 Å². The molecular weight excluding hydrogens is 328 g/mol. The van der Waals surface area contributed by atoms with Crippen LogP contribution in [0.25, 0.3) is 0 Å². The minimum Gasteiger partial charge on any atom is -0.484 e. The summed E-state index contributed by atoms with van der Waals surface area (Å²) in [5, 5.41) is 2.53. The number of carbonyl (C=O) groups excluding carboxylic acids is 1. The Hall–Kier alpha value is -2.34. The number of anilines is 1. The van der Waals surface area contributed by atoms with Crippen molar-refractivity contribution in [3.8, 4) is 11.5 Å². The fraction of sp³-hybridized carbons (Fsp3) is 0.188. The third kappa shape index (κ3) is 5.41. The van der Waals surface area contributed by atoms with Crippen LogP contribution in [0.5, 0.6) is 11.5 Å². The predicted octanol–water partition coefficient (Wildman–Crippen LogP) is 4.27. The molecule has 0 aromatic heterocycles. The summed E-state index contributed by atoms with van der Waals surface area (Å²) in [6, 6.07) is 11.2. The largest absolute Gasteiger partial charge is 0.484 e. The van der Waals surface area contributed by atoms with Crippen LogP contribution in [0.3, 0.4) is 0 Å². The molecule has 0 unspecified atom stereocenters. The Morgan fingerprint density at radius 1 is 1.22 bits per heavy atom. The number of hydrogen-bond acceptors (Lipinski definition) is 3. The second kappa shape index (κ2) is 7.78. The minimum absolute atomic E-state index is 0.0254. The molecule has 0 atom stereocenters. The van der Waals surface area contributed by atoms with E-state index in [4.69, 9.17) is 16.3 Å². The van der Waals surface area contributed by atoms with Gasteiger partial charge in [-0.25, -0.2) is 0 Å². The molecule has 0 bridgehead atoms. The number of halogens is 3. The number of carbonyl (C=O) groups is 1. The van der Waals surface area contributed by atoms with Gasteiger partial charge in [0.15, 0.2) is 6.61 Å². The number of ether oxygens (including phenoxy) is 2. The molecule has 0 aliphatic rings. The van der Waals surface area contributed by atoms with Gasteiger partial charge in [-0.3, -0.25) is 4.79 Å². The van der Waals surface area contributed by atoms with E-state index in [1.165, 1.54) is 18.2 Å². The standard InChI is InChI=1S/C16H14ClF2NO3/c1-10-2-5-12(6-3-10)22-9-15(21)20-11-4-7-14(13(17)8-11)23-16(18)19/h2-8,16H,9H2,1H3,(H,20,21). The summed E-state index contributed by atoms with van der Waals surface area (Å²) in [6.45, 7) is -1.20. The van der Waals surface area contributed by atoms with E-state index in [1.807, 2.05) is 19.1 Å². The van der Waals surface area contributed by atoms with Crippen LogP contribution in [0.4, 0.5) is 14.5 Å². The van der Waals surface area contributed by atoms with Crippen LogP contribution >= 0.6 is 11.6 Å². The van der Waals surface area contributed by atoms with Gasteiger partial charge in [0.25, 0.3) is 5.91 Å². The first-order valence-corrected chi connectivity index (χ1v) is 7.05. The minimum atomic E-state index is -2.96. The molecule has 0 fully saturated rings. The van der Waals surface area contributed by atoms with Gasteiger partial charge in [0.05, 0.1) is 5.02 Å². The highest BCUT2D eigenvalue weighted by molar-refractivity contribution is 6.32. The van der Waals surface area contributed by atoms with Crippen LogP contribution in [-0.4, -0.2) is 19.1 Å². The summed E-state index contributed by atoms with van der Waals surface area (Å²) in [4.78, 5) is 11.8. The van der Waals surface area contributed by atoms with Gasteiger partial charge in [0.2, 0.25) is 0 Å². The highest BCUT2D eigenvalue weighted by Crippen LogP contribution is 2.28. The van der Waals surface area contributed by atoms with Crippen LogP contribution in [0.2, 0.25) is 5.02 Å². The van der Waals surface area contributed by atoms with Crippen molar-refractivity contribution in [1.82, 2.24) is 0 Å². The third-order valence-corrected chi connectivity index (χ3v) is 3.12. The third-order valence-electron chi connectivity index (χ3n) is 2.82. The first-order chi connectivity index (χ1) is 10.9. The average Bonchev–Trinajstić information content (AvgIpc) is 2.49. The maximum absolute atomic E-state index is 12.1. The fourth-order valence-corrected chi connectivity index (χ4v) is 1.98. The van der Waals surface area contributed by atoms with Crippen LogP contribution < -0.4 is 14.8 Å². The van der Waals surface area contributed by atoms with Crippen molar-refractivity contribution in [2.75, 3.05) is 11.9 Å². The Labute approximate surface area is 137 Å². The van der Waals surface area contributed by atoms with Gasteiger partial charge in [0.1, 0.15) is 11.5 Å². The maximum Gasteiger partial charge on any atom is 0.387 e. The van der Waals surface area contributed by atoms with Gasteiger partial charge in [-0.1, -0.05) is 29.3 Å². The van der Waals surface area contributed by atoms with E-state index in [1.54, 1.807) is 12.1 Å². The number of alkyl halides is 2. The molecule has 2 rings (SSSR count). The van der Waals surface area contributed by atoms with Crippen molar-refractivity contribution >= 4 is 23.2 Å². The Balaban J connectivity index is 1.89. The lowest BCUT2D eigenvalue weighted by Gasteiger charge is -2.10. The number of aryl methyl sites for hydroxylation is 1. The molecule has 1 N–H and O–H groups in total. The van der Waals surface area contributed by atoms with Gasteiger partial charge in [-0.05, 0) is 37.3 Å². The molecule has 4 nitrogen and oxygen atoms in total. The second-order valence-corrected chi connectivity index (χ2v) is 5.08. The van der Waals surface area contributed by atoms with E-state index >= 15 is 0 Å². The predicted molar refractivity (Wildman–Crippen MR) is 83.4 cm³/mol. The quantitative estimate of drug-likeness (QED) is 0.853. The van der Waals surface area contributed by atoms with E-state index in [0.29, 0.717) is 11.4 Å². The number of amides is 1. The van der Waals surface area contributed by atoms with Gasteiger partial charge in [-0.2, -0.15) is 8.78 Å². The number of benzene rings is 2. The zero-order valence-corrected chi connectivity index (χ0v) is 12.9. The lowest BCUT2D eigenvalue weighted by Crippen LogP contribution is -2.20. The molecule has 122 valence electrons. The molecule has 0 radical (unpaired) electrons. The Morgan fingerprint density at radius 3 is 2.52 bits per heavy atom. The molecule has 1 amide bonds. The molecule has 0 saturated carbocycles. The Kier molecular flexibility index (Phi) is 5.76. The summed E-state index contributed by atoms with van der Waals surface area (Å²) in [6.07, 6.45) is 0. The molecular formula is C16H14ClF2NO3. The zero-order chi connectivity index (χ0) is 16.8. The SMILES string of the molecule is Cc1ccc(OCC(=O)Nc2ccc(OC(F)F)c(Cl)c2)cc1. The van der Waals surface area contributed by atoms with Crippen molar-refractivity contribution in [3.05, 3.63) is 53.1 Å². The number of hydrogen-bond donors (Lipinski definition) is 1. The van der Waals surface area contributed by atoms with Gasteiger partial charge in [-0.15, -0.1) is 0 Å². The van der Waals surface area contributed by atoms with E-state index in [0.717, 1.165) is 5.56 Å². The average molecular weight is 342 g/mol. The number of rotatable bonds is 6. The molecule has 2 aromatic carbocycles. The summed E-state index contributed by atoms with van der Waals surface area (Å²) in [7, 11) is 0. The van der Waals surface area contributed by atoms with Gasteiger partial charge >= 0.3 is 6.61 Å². The Morgan fingerprint density at radius 2 is 1.91 bits per heavy atom. The zero-order valence-electron chi connectivity index (χ0n) is 12.2. The lowest BCUT2D eigenvalue weighted by molar-refractivity contribution is -0.118. The summed E-state index contributed by atoms with van der Waals surface area (Å²) in [5.41, 5.74) is 1.44. The van der Waals surface area contributed by atoms with Crippen molar-refractivity contribution in [3.63, 3.8) is 0 Å². The van der Waals surface area contributed by atoms with Crippen LogP contribution in [0, 0.1) is 6.92 Å². The molecule has 23 heavy (non-hydrogen) atoms. The van der Waals surface area contributed by atoms with Crippen molar-refractivity contribution in [2.24, 2.45) is 0 Å². The molecule has 7 heteroatoms. The highest BCUT2D eigenvalue weighted by atomic mass is 35.5. The van der Waals surface area contributed by atoms with Crippen molar-refractivity contribution in [2.45, 2.75) is 13.5 Å². The highest BCUT2D eigenvalue weighted by Gasteiger charge is 2.10. The van der Waals surface area contributed by atoms with Crippen molar-refractivity contribution < 1.29 is 23.0 Å². The monoisotopic (exact) mass is 341 g/mol. The molecule has 2 aromatic rings. The van der Waals surface area contributed by atoms with Crippen molar-refractivity contribution in [1.29, 1.82) is 0 Å². The van der Waals surface area contributed by atoms with E-state index in [2.05, 4.69) is 10.1 Å². The maximum atomic E-state index is 12.1. The molecule has 0 saturated heterocycles. The summed E-state index contributed by atoms with van der Waals surface area (Å²) >= 11 is 5.80. The normalized spacial score (nSPS) is 10.5. The lowest BCUT2D eigenvalue weighted by atomic mass is 10.2. The van der Waals surface area contributed by atoms with Gasteiger partial charge in [0, 0.05) is 5.69 Å². The first kappa shape index (κ1) is 17.0.